The fourth-order valence-electron chi connectivity index (χ4n) is 4.52. The van der Waals surface area contributed by atoms with Crippen LogP contribution in [0.4, 0.5) is 9.52 Å². The second-order valence-electron chi connectivity index (χ2n) is 8.90. The zero-order valence-corrected chi connectivity index (χ0v) is 20.3. The predicted octanol–water partition coefficient (Wildman–Crippen LogP) is 5.83. The zero-order chi connectivity index (χ0) is 24.4. The second-order valence-corrected chi connectivity index (χ2v) is 9.91. The molecule has 7 heteroatoms. The monoisotopic (exact) mass is 487 g/mol. The van der Waals surface area contributed by atoms with Gasteiger partial charge < -0.3 is 4.90 Å². The Morgan fingerprint density at radius 3 is 2.40 bits per heavy atom. The lowest BCUT2D eigenvalue weighted by Crippen LogP contribution is -2.44. The molecule has 1 fully saturated rings. The van der Waals surface area contributed by atoms with E-state index >= 15 is 0 Å². The summed E-state index contributed by atoms with van der Waals surface area (Å²) < 4.78 is 14.3. The molecule has 0 bridgehead atoms. The topological polar surface area (TPSA) is 53.5 Å². The normalized spacial score (nSPS) is 14.3. The van der Waals surface area contributed by atoms with E-state index in [0.29, 0.717) is 43.2 Å². The van der Waals surface area contributed by atoms with Gasteiger partial charge in [-0.1, -0.05) is 53.8 Å². The molecule has 5 nitrogen and oxygen atoms in total. The van der Waals surface area contributed by atoms with E-state index in [2.05, 4.69) is 0 Å². The molecule has 0 aliphatic carbocycles. The van der Waals surface area contributed by atoms with Gasteiger partial charge in [-0.3, -0.25) is 14.5 Å². The van der Waals surface area contributed by atoms with Gasteiger partial charge in [0.25, 0.3) is 5.91 Å². The number of anilines is 1. The number of carbonyl (C=O) groups excluding carboxylic acids is 2. The molecule has 1 aliphatic rings. The molecule has 2 heterocycles. The first-order valence-corrected chi connectivity index (χ1v) is 12.6. The van der Waals surface area contributed by atoms with Gasteiger partial charge >= 0.3 is 0 Å². The average Bonchev–Trinajstić information content (AvgIpc) is 3.33. The highest BCUT2D eigenvalue weighted by molar-refractivity contribution is 7.22. The minimum absolute atomic E-state index is 0.0412. The molecule has 0 saturated carbocycles. The van der Waals surface area contributed by atoms with Crippen molar-refractivity contribution in [2.45, 2.75) is 26.3 Å². The summed E-state index contributed by atoms with van der Waals surface area (Å²) in [6.07, 6.45) is 1.17. The molecule has 1 saturated heterocycles. The number of para-hydroxylation sites is 1. The number of halogens is 1. The van der Waals surface area contributed by atoms with Gasteiger partial charge in [0.15, 0.2) is 5.13 Å². The van der Waals surface area contributed by atoms with Crippen molar-refractivity contribution in [1.82, 2.24) is 9.88 Å². The van der Waals surface area contributed by atoms with Crippen LogP contribution < -0.4 is 4.90 Å². The largest absolute Gasteiger partial charge is 0.339 e. The summed E-state index contributed by atoms with van der Waals surface area (Å²) in [5.41, 5.74) is 3.52. The molecule has 178 valence electrons. The van der Waals surface area contributed by atoms with Crippen molar-refractivity contribution in [3.8, 4) is 0 Å². The van der Waals surface area contributed by atoms with Gasteiger partial charge in [0.05, 0.1) is 16.8 Å². The van der Waals surface area contributed by atoms with E-state index < -0.39 is 0 Å². The van der Waals surface area contributed by atoms with Gasteiger partial charge in [-0.05, 0) is 61.2 Å². The number of aromatic nitrogens is 1. The molecule has 5 rings (SSSR count). The molecule has 35 heavy (non-hydrogen) atoms. The lowest BCUT2D eigenvalue weighted by Gasteiger charge is -2.33. The maximum atomic E-state index is 13.8. The van der Waals surface area contributed by atoms with Gasteiger partial charge in [-0.25, -0.2) is 9.37 Å². The summed E-state index contributed by atoms with van der Waals surface area (Å²) >= 11 is 1.53. The second kappa shape index (κ2) is 9.96. The molecule has 0 N–H and O–H groups in total. The van der Waals surface area contributed by atoms with Crippen molar-refractivity contribution in [3.63, 3.8) is 0 Å². The van der Waals surface area contributed by atoms with Gasteiger partial charge in [-0.15, -0.1) is 0 Å². The van der Waals surface area contributed by atoms with Crippen LogP contribution in [0.3, 0.4) is 0 Å². The lowest BCUT2D eigenvalue weighted by molar-refractivity contribution is -0.123. The van der Waals surface area contributed by atoms with E-state index in [1.807, 2.05) is 60.4 Å². The van der Waals surface area contributed by atoms with Gasteiger partial charge in [0.2, 0.25) is 5.91 Å². The highest BCUT2D eigenvalue weighted by atomic mass is 32.1. The third-order valence-electron chi connectivity index (χ3n) is 6.51. The molecular weight excluding hydrogens is 461 g/mol. The molecule has 0 radical (unpaired) electrons. The number of benzene rings is 3. The number of hydrogen-bond donors (Lipinski definition) is 0. The average molecular weight is 488 g/mol. The van der Waals surface area contributed by atoms with Crippen LogP contribution in [0.25, 0.3) is 10.2 Å². The number of piperidine rings is 1. The first-order chi connectivity index (χ1) is 17.0. The number of thiazole rings is 1. The minimum Gasteiger partial charge on any atom is -0.339 e. The van der Waals surface area contributed by atoms with Crippen molar-refractivity contribution < 1.29 is 14.0 Å². The van der Waals surface area contributed by atoms with Crippen molar-refractivity contribution >= 4 is 38.5 Å². The number of rotatable bonds is 5. The first kappa shape index (κ1) is 23.2. The van der Waals surface area contributed by atoms with Crippen molar-refractivity contribution in [2.24, 2.45) is 5.92 Å². The first-order valence-electron chi connectivity index (χ1n) is 11.8. The minimum atomic E-state index is -0.366. The van der Waals surface area contributed by atoms with Crippen LogP contribution in [0.5, 0.6) is 0 Å². The van der Waals surface area contributed by atoms with Gasteiger partial charge in [-0.2, -0.15) is 0 Å². The van der Waals surface area contributed by atoms with Crippen LogP contribution in [0.1, 0.15) is 34.3 Å². The van der Waals surface area contributed by atoms with E-state index in [9.17, 15) is 14.0 Å². The fraction of sp³-hybridized carbons (Fsp3) is 0.250. The fourth-order valence-corrected chi connectivity index (χ4v) is 5.57. The van der Waals surface area contributed by atoms with Crippen LogP contribution in [0, 0.1) is 18.7 Å². The molecule has 1 aromatic heterocycles. The van der Waals surface area contributed by atoms with E-state index in [1.54, 1.807) is 4.90 Å². The van der Waals surface area contributed by atoms with Crippen LogP contribution >= 0.6 is 11.3 Å². The SMILES string of the molecule is Cc1cccc2sc(N(Cc3ccccc3)C(=O)C3CCN(C(=O)c4ccc(F)cc4)CC3)nc12. The number of fused-ring (bicyclic) bond motifs is 1. The van der Waals surface area contributed by atoms with Crippen molar-refractivity contribution in [1.29, 1.82) is 0 Å². The Bertz CT molecular complexity index is 1350. The number of carbonyl (C=O) groups is 2. The number of aryl methyl sites for hydroxylation is 1. The van der Waals surface area contributed by atoms with Crippen LogP contribution in [-0.2, 0) is 11.3 Å². The highest BCUT2D eigenvalue weighted by Crippen LogP contribution is 2.33. The molecule has 0 spiro atoms. The third kappa shape index (κ3) is 4.95. The smallest absolute Gasteiger partial charge is 0.253 e. The Kier molecular flexibility index (Phi) is 6.59. The Balaban J connectivity index is 1.35. The van der Waals surface area contributed by atoms with Crippen LogP contribution in [-0.4, -0.2) is 34.8 Å². The Labute approximate surface area is 207 Å². The summed E-state index contributed by atoms with van der Waals surface area (Å²) in [6.45, 7) is 3.46. The molecule has 3 aromatic carbocycles. The van der Waals surface area contributed by atoms with Crippen molar-refractivity contribution in [2.75, 3.05) is 18.0 Å². The van der Waals surface area contributed by atoms with Crippen LogP contribution in [0.2, 0.25) is 0 Å². The molecule has 2 amide bonds. The maximum absolute atomic E-state index is 13.8. The molecule has 1 aliphatic heterocycles. The lowest BCUT2D eigenvalue weighted by atomic mass is 9.94. The van der Waals surface area contributed by atoms with Gasteiger partial charge in [0, 0.05) is 24.6 Å². The summed E-state index contributed by atoms with van der Waals surface area (Å²) in [4.78, 5) is 35.0. The summed E-state index contributed by atoms with van der Waals surface area (Å²) in [5, 5.41) is 0.702. The van der Waals surface area contributed by atoms with E-state index in [1.165, 1.54) is 35.6 Å². The Hall–Kier alpha value is -3.58. The zero-order valence-electron chi connectivity index (χ0n) is 19.5. The summed E-state index contributed by atoms with van der Waals surface area (Å²) in [5.74, 6) is -0.642. The number of likely N-dealkylation sites (tertiary alicyclic amines) is 1. The van der Waals surface area contributed by atoms with E-state index in [4.69, 9.17) is 4.98 Å². The summed E-state index contributed by atoms with van der Waals surface area (Å²) in [6, 6.07) is 21.6. The number of hydrogen-bond acceptors (Lipinski definition) is 4. The number of nitrogens with zero attached hydrogens (tertiary/aromatic N) is 3. The standard InChI is InChI=1S/C28H26FN3O2S/c1-19-6-5-9-24-25(19)30-28(35-24)32(18-20-7-3-2-4-8-20)27(34)22-14-16-31(17-15-22)26(33)21-10-12-23(29)13-11-21/h2-13,22H,14-18H2,1H3. The Morgan fingerprint density at radius 2 is 1.71 bits per heavy atom. The molecule has 0 unspecified atom stereocenters. The highest BCUT2D eigenvalue weighted by Gasteiger charge is 2.32. The van der Waals surface area contributed by atoms with Crippen LogP contribution in [0.15, 0.2) is 72.8 Å². The predicted molar refractivity (Wildman–Crippen MR) is 137 cm³/mol. The van der Waals surface area contributed by atoms with Crippen molar-refractivity contribution in [3.05, 3.63) is 95.3 Å². The molecule has 0 atom stereocenters. The van der Waals surface area contributed by atoms with Gasteiger partial charge in [0.1, 0.15) is 5.82 Å². The molecule has 4 aromatic rings. The summed E-state index contributed by atoms with van der Waals surface area (Å²) in [7, 11) is 0. The third-order valence-corrected chi connectivity index (χ3v) is 7.56. The van der Waals surface area contributed by atoms with E-state index in [-0.39, 0.29) is 23.5 Å². The molecular formula is C28H26FN3O2S. The number of amides is 2. The maximum Gasteiger partial charge on any atom is 0.253 e. The Morgan fingerprint density at radius 1 is 1.00 bits per heavy atom. The quantitative estimate of drug-likeness (QED) is 0.356. The van der Waals surface area contributed by atoms with E-state index in [0.717, 1.165) is 21.3 Å².